The summed E-state index contributed by atoms with van der Waals surface area (Å²) in [4.78, 5) is 2.46. The molecule has 3 aliphatic rings. The van der Waals surface area contributed by atoms with E-state index in [4.69, 9.17) is 26.2 Å². The summed E-state index contributed by atoms with van der Waals surface area (Å²) in [6.07, 6.45) is 0.751. The number of nitrogens with one attached hydrogen (secondary N) is 1. The lowest BCUT2D eigenvalue weighted by Crippen LogP contribution is -2.40. The van der Waals surface area contributed by atoms with E-state index in [-0.39, 0.29) is 5.41 Å². The van der Waals surface area contributed by atoms with E-state index in [2.05, 4.69) is 42.3 Å². The SMILES string of the molecule is CO[P@@]1(=S)C2=C(N3CCOCC3)CC(C)(C)C=C2Nc2c1c(C)nn2-c1ccccc1. The van der Waals surface area contributed by atoms with Crippen LogP contribution in [0.3, 0.4) is 0 Å². The molecule has 1 atom stereocenters. The number of fused-ring (bicyclic) bond motifs is 2. The van der Waals surface area contributed by atoms with Crippen LogP contribution < -0.4 is 10.6 Å². The van der Waals surface area contributed by atoms with Gasteiger partial charge in [0.15, 0.2) is 0 Å². The maximum Gasteiger partial charge on any atom is 0.145 e. The molecule has 0 radical (unpaired) electrons. The van der Waals surface area contributed by atoms with Crippen LogP contribution in [0.2, 0.25) is 0 Å². The van der Waals surface area contributed by atoms with Crippen LogP contribution in [0, 0.1) is 12.3 Å². The molecule has 31 heavy (non-hydrogen) atoms. The van der Waals surface area contributed by atoms with Crippen molar-refractivity contribution in [2.75, 3.05) is 38.7 Å². The zero-order chi connectivity index (χ0) is 21.8. The third-order valence-electron chi connectivity index (χ3n) is 6.21. The van der Waals surface area contributed by atoms with Gasteiger partial charge in [-0.2, -0.15) is 5.10 Å². The number of hydrogen-bond donors (Lipinski definition) is 1. The molecule has 1 aromatic carbocycles. The molecule has 1 fully saturated rings. The number of para-hydroxylation sites is 1. The van der Waals surface area contributed by atoms with Gasteiger partial charge in [0.1, 0.15) is 12.1 Å². The van der Waals surface area contributed by atoms with E-state index in [0.717, 1.165) is 66.2 Å². The van der Waals surface area contributed by atoms with E-state index in [1.54, 1.807) is 7.11 Å². The molecule has 1 N–H and O–H groups in total. The molecule has 0 unspecified atom stereocenters. The number of anilines is 1. The molecule has 1 aromatic heterocycles. The molecule has 0 spiro atoms. The van der Waals surface area contributed by atoms with E-state index in [1.807, 2.05) is 29.8 Å². The van der Waals surface area contributed by atoms with Crippen molar-refractivity contribution in [2.24, 2.45) is 5.41 Å². The molecule has 2 aliphatic heterocycles. The van der Waals surface area contributed by atoms with Gasteiger partial charge in [-0.25, -0.2) is 4.68 Å². The Kier molecular flexibility index (Phi) is 5.13. The average molecular weight is 457 g/mol. The largest absolute Gasteiger partial charge is 0.378 e. The fourth-order valence-electron chi connectivity index (χ4n) is 4.86. The standard InChI is InChI=1S/C23H29N4O2PS/c1-16-20-22(27(25-16)17-8-6-5-7-9-17)24-18-14-23(2,3)15-19(21(18)30(20,31)28-4)26-10-12-29-13-11-26/h5-9,14,24H,10-13,15H2,1-4H3/t30-/m0/s1. The van der Waals surface area contributed by atoms with Crippen LogP contribution in [0.15, 0.2) is 53.1 Å². The normalized spacial score (nSPS) is 24.9. The van der Waals surface area contributed by atoms with Crippen LogP contribution in [0.4, 0.5) is 5.82 Å². The molecule has 0 saturated carbocycles. The smallest absolute Gasteiger partial charge is 0.145 e. The number of rotatable bonds is 3. The van der Waals surface area contributed by atoms with Crippen molar-refractivity contribution in [3.63, 3.8) is 0 Å². The Morgan fingerprint density at radius 1 is 1.19 bits per heavy atom. The first-order chi connectivity index (χ1) is 14.8. The van der Waals surface area contributed by atoms with Gasteiger partial charge in [-0.05, 0) is 30.9 Å². The fourth-order valence-corrected chi connectivity index (χ4v) is 8.61. The van der Waals surface area contributed by atoms with Gasteiger partial charge in [0.05, 0.1) is 35.2 Å². The Morgan fingerprint density at radius 3 is 2.58 bits per heavy atom. The number of hydrogen-bond acceptors (Lipinski definition) is 6. The van der Waals surface area contributed by atoms with Gasteiger partial charge < -0.3 is 19.5 Å². The van der Waals surface area contributed by atoms with E-state index in [1.165, 1.54) is 5.70 Å². The van der Waals surface area contributed by atoms with Gasteiger partial charge in [-0.15, -0.1) is 0 Å². The van der Waals surface area contributed by atoms with Crippen molar-refractivity contribution >= 4 is 29.2 Å². The molecule has 1 saturated heterocycles. The molecule has 6 nitrogen and oxygen atoms in total. The Labute approximate surface area is 189 Å². The van der Waals surface area contributed by atoms with Crippen LogP contribution >= 0.6 is 6.26 Å². The Hall–Kier alpha value is -1.92. The highest BCUT2D eigenvalue weighted by atomic mass is 32.4. The molecule has 1 aliphatic carbocycles. The van der Waals surface area contributed by atoms with Gasteiger partial charge in [0.25, 0.3) is 0 Å². The quantitative estimate of drug-likeness (QED) is 0.701. The van der Waals surface area contributed by atoms with Crippen molar-refractivity contribution in [2.45, 2.75) is 27.2 Å². The van der Waals surface area contributed by atoms with Crippen molar-refractivity contribution in [3.05, 3.63) is 58.8 Å². The molecule has 5 rings (SSSR count). The predicted octanol–water partition coefficient (Wildman–Crippen LogP) is 4.13. The summed E-state index contributed by atoms with van der Waals surface area (Å²) in [6, 6.07) is 10.2. The second-order valence-corrected chi connectivity index (χ2v) is 12.9. The summed E-state index contributed by atoms with van der Waals surface area (Å²) in [7, 11) is 1.76. The Balaban J connectivity index is 1.76. The molecule has 2 aromatic rings. The summed E-state index contributed by atoms with van der Waals surface area (Å²) >= 11 is 6.42. The van der Waals surface area contributed by atoms with Crippen LogP contribution in [0.5, 0.6) is 0 Å². The third-order valence-corrected chi connectivity index (χ3v) is 10.5. The van der Waals surface area contributed by atoms with Crippen LogP contribution in [-0.4, -0.2) is 48.1 Å². The first-order valence-electron chi connectivity index (χ1n) is 10.7. The topological polar surface area (TPSA) is 51.6 Å². The summed E-state index contributed by atoms with van der Waals surface area (Å²) < 4.78 is 13.9. The number of benzene rings is 1. The van der Waals surface area contributed by atoms with Gasteiger partial charge in [0.2, 0.25) is 0 Å². The predicted molar refractivity (Wildman–Crippen MR) is 129 cm³/mol. The molecule has 0 amide bonds. The lowest BCUT2D eigenvalue weighted by Gasteiger charge is -2.44. The Morgan fingerprint density at radius 2 is 1.90 bits per heavy atom. The van der Waals surface area contributed by atoms with Crippen LogP contribution in [-0.2, 0) is 21.1 Å². The summed E-state index contributed by atoms with van der Waals surface area (Å²) in [5.74, 6) is 0.933. The average Bonchev–Trinajstić information content (AvgIpc) is 3.10. The van der Waals surface area contributed by atoms with Crippen molar-refractivity contribution in [3.8, 4) is 5.69 Å². The second kappa shape index (κ2) is 7.59. The number of morpholine rings is 1. The second-order valence-electron chi connectivity index (χ2n) is 9.01. The number of aromatic nitrogens is 2. The molecule has 0 bridgehead atoms. The van der Waals surface area contributed by atoms with Crippen LogP contribution in [0.1, 0.15) is 26.0 Å². The minimum absolute atomic E-state index is 0.0114. The van der Waals surface area contributed by atoms with Gasteiger partial charge in [-0.1, -0.05) is 49.9 Å². The Bertz CT molecular complexity index is 1130. The maximum atomic E-state index is 6.42. The van der Waals surface area contributed by atoms with Crippen molar-refractivity contribution in [1.82, 2.24) is 14.7 Å². The van der Waals surface area contributed by atoms with Gasteiger partial charge in [0, 0.05) is 31.6 Å². The number of aryl methyl sites for hydroxylation is 1. The molecule has 3 heterocycles. The van der Waals surface area contributed by atoms with Crippen LogP contribution in [0.25, 0.3) is 5.69 Å². The molecular weight excluding hydrogens is 427 g/mol. The molecule has 164 valence electrons. The third kappa shape index (κ3) is 3.39. The minimum Gasteiger partial charge on any atom is -0.378 e. The van der Waals surface area contributed by atoms with Crippen molar-refractivity contribution in [1.29, 1.82) is 0 Å². The maximum absolute atomic E-state index is 6.42. The minimum atomic E-state index is -2.52. The molecule has 8 heteroatoms. The summed E-state index contributed by atoms with van der Waals surface area (Å²) in [6.45, 7) is 9.86. The van der Waals surface area contributed by atoms with Gasteiger partial charge in [-0.3, -0.25) is 0 Å². The fraction of sp³-hybridized carbons (Fsp3) is 0.435. The van der Waals surface area contributed by atoms with E-state index < -0.39 is 6.26 Å². The van der Waals surface area contributed by atoms with E-state index >= 15 is 0 Å². The highest BCUT2D eigenvalue weighted by molar-refractivity contribution is 8.18. The zero-order valence-corrected chi connectivity index (χ0v) is 20.2. The number of nitrogens with zero attached hydrogens (tertiary/aromatic N) is 3. The van der Waals surface area contributed by atoms with E-state index in [9.17, 15) is 0 Å². The lowest BCUT2D eigenvalue weighted by molar-refractivity contribution is 0.0497. The number of allylic oxidation sites excluding steroid dienone is 3. The summed E-state index contributed by atoms with van der Waals surface area (Å²) in [5.41, 5.74) is 4.33. The number of ether oxygens (including phenoxy) is 1. The van der Waals surface area contributed by atoms with E-state index in [0.29, 0.717) is 0 Å². The zero-order valence-electron chi connectivity index (χ0n) is 18.5. The first-order valence-corrected chi connectivity index (χ1v) is 13.4. The highest BCUT2D eigenvalue weighted by Gasteiger charge is 2.45. The monoisotopic (exact) mass is 456 g/mol. The first kappa shape index (κ1) is 21.0. The summed E-state index contributed by atoms with van der Waals surface area (Å²) in [5, 5.41) is 10.8. The highest BCUT2D eigenvalue weighted by Crippen LogP contribution is 2.64. The van der Waals surface area contributed by atoms with Gasteiger partial charge >= 0.3 is 0 Å². The molecular formula is C23H29N4O2PS. The van der Waals surface area contributed by atoms with Crippen molar-refractivity contribution < 1.29 is 9.26 Å². The lowest BCUT2D eigenvalue weighted by atomic mass is 9.82.